The Balaban J connectivity index is 0.00000182. The van der Waals surface area contributed by atoms with Crippen LogP contribution in [0.4, 0.5) is 11.4 Å². The van der Waals surface area contributed by atoms with Gasteiger partial charge in [-0.1, -0.05) is 42.5 Å². The van der Waals surface area contributed by atoms with Crippen molar-refractivity contribution in [2.45, 2.75) is 13.5 Å². The summed E-state index contributed by atoms with van der Waals surface area (Å²) in [5, 5.41) is 3.34. The van der Waals surface area contributed by atoms with E-state index in [2.05, 4.69) is 23.6 Å². The third-order valence-electron chi connectivity index (χ3n) is 4.49. The number of hydrogen-bond donors (Lipinski definition) is 0. The molecular formula is C21H18B2N3Y2-. The number of nitrogens with one attached hydrogen (secondary N) is 2. The van der Waals surface area contributed by atoms with Crippen molar-refractivity contribution in [2.24, 2.45) is 0 Å². The van der Waals surface area contributed by atoms with E-state index < -0.39 is 0 Å². The van der Waals surface area contributed by atoms with E-state index in [9.17, 15) is 0 Å². The molecule has 4 aromatic rings. The number of fused-ring (bicyclic) bond motifs is 3. The van der Waals surface area contributed by atoms with Crippen LogP contribution in [0.5, 0.6) is 0 Å². The smallest absolute Gasteiger partial charge is 0.220 e. The Morgan fingerprint density at radius 3 is 1.89 bits per heavy atom. The van der Waals surface area contributed by atoms with Gasteiger partial charge >= 0.3 is 0 Å². The number of rotatable bonds is 2. The summed E-state index contributed by atoms with van der Waals surface area (Å²) in [6.07, 6.45) is 0. The maximum absolute atomic E-state index is 8.07. The molecule has 4 rings (SSSR count). The Hall–Kier alpha value is -0.732. The molecule has 0 bridgehead atoms. The van der Waals surface area contributed by atoms with E-state index in [1.165, 1.54) is 0 Å². The van der Waals surface area contributed by atoms with Gasteiger partial charge in [-0.2, -0.15) is 4.57 Å². The number of aromatic nitrogens is 1. The van der Waals surface area contributed by atoms with Crippen molar-refractivity contribution in [2.75, 3.05) is 0 Å². The Bertz CT molecular complexity index is 1070. The van der Waals surface area contributed by atoms with E-state index in [1.807, 2.05) is 54.6 Å². The molecular weight excluding hydrogens is 494 g/mol. The average Bonchev–Trinajstić information content (AvgIpc) is 2.61. The van der Waals surface area contributed by atoms with E-state index in [-0.39, 0.29) is 82.2 Å². The van der Waals surface area contributed by atoms with Crippen LogP contribution >= 0.6 is 0 Å². The fourth-order valence-corrected chi connectivity index (χ4v) is 3.46. The average molecular weight is 512 g/mol. The molecule has 3 nitrogen and oxygen atoms in total. The van der Waals surface area contributed by atoms with Crippen molar-refractivity contribution in [3.8, 4) is 11.3 Å². The molecule has 7 heteroatoms. The van der Waals surface area contributed by atoms with Gasteiger partial charge in [-0.3, -0.25) is 0 Å². The van der Waals surface area contributed by atoms with Gasteiger partial charge in [0.25, 0.3) is 0 Å². The summed E-state index contributed by atoms with van der Waals surface area (Å²) < 4.78 is 2.25. The van der Waals surface area contributed by atoms with E-state index in [1.54, 1.807) is 0 Å². The fourth-order valence-electron chi connectivity index (χ4n) is 3.46. The van der Waals surface area contributed by atoms with Gasteiger partial charge in [-0.25, -0.2) is 0 Å². The van der Waals surface area contributed by atoms with Crippen LogP contribution < -0.4 is 4.57 Å². The molecule has 0 atom stereocenters. The number of nitrogens with zero attached hydrogens (tertiary/aromatic N) is 1. The molecule has 0 spiro atoms. The van der Waals surface area contributed by atoms with Crippen LogP contribution in [0, 0.1) is 0 Å². The van der Waals surface area contributed by atoms with Crippen LogP contribution in [0.15, 0.2) is 66.7 Å². The summed E-state index contributed by atoms with van der Waals surface area (Å²) in [6, 6.07) is 21.9. The summed E-state index contributed by atoms with van der Waals surface area (Å²) in [5.74, 6) is 0. The molecule has 0 aliphatic rings. The minimum Gasteiger partial charge on any atom is -0.699 e. The van der Waals surface area contributed by atoms with Gasteiger partial charge in [0.2, 0.25) is 11.2 Å². The molecule has 0 unspecified atom stereocenters. The van der Waals surface area contributed by atoms with Gasteiger partial charge in [-0.15, -0.1) is 11.4 Å². The van der Waals surface area contributed by atoms with Gasteiger partial charge in [0, 0.05) is 93.2 Å². The normalized spacial score (nSPS) is 9.61. The molecule has 130 valence electrons. The molecule has 1 aromatic heterocycles. The zero-order valence-corrected chi connectivity index (χ0v) is 21.5. The Labute approximate surface area is 220 Å². The largest absolute Gasteiger partial charge is 0.699 e. The second kappa shape index (κ2) is 11.5. The number of aryl methyl sites for hydroxylation is 1. The first-order chi connectivity index (χ1) is 11.7. The van der Waals surface area contributed by atoms with Gasteiger partial charge < -0.3 is 11.5 Å². The first-order valence-corrected chi connectivity index (χ1v) is 8.11. The minimum atomic E-state index is 0. The molecule has 2 N–H and O–H groups in total. The van der Waals surface area contributed by atoms with E-state index >= 15 is 0 Å². The first kappa shape index (κ1) is 27.3. The minimum absolute atomic E-state index is 0. The quantitative estimate of drug-likeness (QED) is 0.192. The summed E-state index contributed by atoms with van der Waals surface area (Å²) >= 11 is 0. The van der Waals surface area contributed by atoms with Crippen molar-refractivity contribution in [3.05, 3.63) is 78.2 Å². The van der Waals surface area contributed by atoms with Crippen molar-refractivity contribution in [1.82, 2.24) is 0 Å². The number of benzene rings is 3. The maximum atomic E-state index is 8.07. The van der Waals surface area contributed by atoms with Crippen LogP contribution in [0.25, 0.3) is 44.4 Å². The predicted octanol–water partition coefficient (Wildman–Crippen LogP) is 5.57. The van der Waals surface area contributed by atoms with Crippen LogP contribution in [-0.4, -0.2) is 16.8 Å². The molecule has 0 aliphatic carbocycles. The van der Waals surface area contributed by atoms with Crippen LogP contribution in [0.1, 0.15) is 6.92 Å². The van der Waals surface area contributed by atoms with Crippen LogP contribution in [0.3, 0.4) is 0 Å². The van der Waals surface area contributed by atoms with Crippen molar-refractivity contribution < 1.29 is 70.0 Å². The topological polar surface area (TPSA) is 51.5 Å². The monoisotopic (exact) mass is 512 g/mol. The molecule has 1 heterocycles. The molecule has 0 amide bonds. The molecule has 0 aliphatic heterocycles. The van der Waals surface area contributed by atoms with Gasteiger partial charge in [0.05, 0.1) is 10.8 Å². The molecule has 3 aromatic carbocycles. The molecule has 0 saturated carbocycles. The SMILES string of the molecule is CC[n+]1c(-c2ccccc2)c2cc([NH-])ccc2c2ccc([NH-])cc21.[B].[B].[Y].[Y]. The molecule has 0 fully saturated rings. The van der Waals surface area contributed by atoms with Crippen molar-refractivity contribution >= 4 is 49.9 Å². The Morgan fingerprint density at radius 1 is 0.714 bits per heavy atom. The Kier molecular flexibility index (Phi) is 11.2. The van der Waals surface area contributed by atoms with Gasteiger partial charge in [-0.05, 0) is 31.2 Å². The van der Waals surface area contributed by atoms with E-state index in [0.717, 1.165) is 39.5 Å². The van der Waals surface area contributed by atoms with Crippen molar-refractivity contribution in [3.63, 3.8) is 0 Å². The summed E-state index contributed by atoms with van der Waals surface area (Å²) in [7, 11) is 0. The van der Waals surface area contributed by atoms with E-state index in [0.29, 0.717) is 11.4 Å². The fraction of sp³-hybridized carbons (Fsp3) is 0.0952. The predicted molar refractivity (Wildman–Crippen MR) is 112 cm³/mol. The third kappa shape index (κ3) is 4.87. The molecule has 0 saturated heterocycles. The van der Waals surface area contributed by atoms with Crippen LogP contribution in [-0.2, 0) is 72.0 Å². The maximum Gasteiger partial charge on any atom is 0.220 e. The van der Waals surface area contributed by atoms with Crippen molar-refractivity contribution in [1.29, 1.82) is 0 Å². The molecule has 8 radical (unpaired) electrons. The number of pyridine rings is 1. The van der Waals surface area contributed by atoms with E-state index in [4.69, 9.17) is 11.5 Å². The Morgan fingerprint density at radius 2 is 1.29 bits per heavy atom. The first-order valence-electron chi connectivity index (χ1n) is 8.11. The van der Waals surface area contributed by atoms with Crippen LogP contribution in [0.2, 0.25) is 0 Å². The second-order valence-electron chi connectivity index (χ2n) is 5.95. The standard InChI is InChI=1S/C21H18N3.2B.2Y/c1-2-24-20-13-16(23)9-11-18(20)17-10-8-15(22)12-19(17)21(24)14-6-4-3-5-7-14;;;;/h3-13,22-23H,2H2,1H3;;;;/q-1;;;;. The number of hydrogen-bond acceptors (Lipinski definition) is 0. The molecule has 28 heavy (non-hydrogen) atoms. The third-order valence-corrected chi connectivity index (χ3v) is 4.49. The van der Waals surface area contributed by atoms with Gasteiger partial charge in [0.1, 0.15) is 6.54 Å². The summed E-state index contributed by atoms with van der Waals surface area (Å²) in [4.78, 5) is 0. The summed E-state index contributed by atoms with van der Waals surface area (Å²) in [6.45, 7) is 2.93. The zero-order chi connectivity index (χ0) is 16.7. The van der Waals surface area contributed by atoms with Gasteiger partial charge in [0.15, 0.2) is 0 Å². The zero-order valence-electron chi connectivity index (χ0n) is 15.8. The summed E-state index contributed by atoms with van der Waals surface area (Å²) in [5.41, 5.74) is 20.4. The second-order valence-corrected chi connectivity index (χ2v) is 5.95.